The van der Waals surface area contributed by atoms with Crippen molar-refractivity contribution in [3.63, 3.8) is 0 Å². The molecule has 0 amide bonds. The quantitative estimate of drug-likeness (QED) is 0.772. The molecule has 1 aliphatic carbocycles. The molecule has 0 unspecified atom stereocenters. The van der Waals surface area contributed by atoms with Crippen LogP contribution in [-0.4, -0.2) is 24.3 Å². The molecule has 0 aromatic heterocycles. The second-order valence-electron chi connectivity index (χ2n) is 6.21. The molecule has 3 rings (SSSR count). The van der Waals surface area contributed by atoms with Crippen LogP contribution in [0.1, 0.15) is 30.7 Å². The lowest BCUT2D eigenvalue weighted by Gasteiger charge is -2.38. The van der Waals surface area contributed by atoms with Crippen LogP contribution in [-0.2, 0) is 4.79 Å². The van der Waals surface area contributed by atoms with Gasteiger partial charge in [0, 0.05) is 34.8 Å². The standard InChI is InChI=1S/C20H18BrN3O2/c1-3-9-26-17-8-7-12(21)10-13(17)18-14(11-22)20(23)24(2)15-5-4-6-16(25)19(15)18/h1,7-8,10,18H,4-6,9,23H2,2H3/t18-/m0/s1. The third-order valence-corrected chi connectivity index (χ3v) is 5.26. The summed E-state index contributed by atoms with van der Waals surface area (Å²) in [5.41, 5.74) is 8.83. The van der Waals surface area contributed by atoms with Gasteiger partial charge in [-0.1, -0.05) is 21.9 Å². The Bertz CT molecular complexity index is 918. The van der Waals surface area contributed by atoms with Crippen molar-refractivity contribution >= 4 is 21.7 Å². The van der Waals surface area contributed by atoms with E-state index in [9.17, 15) is 10.1 Å². The molecule has 0 bridgehead atoms. The fourth-order valence-electron chi connectivity index (χ4n) is 3.57. The number of halogens is 1. The van der Waals surface area contributed by atoms with Gasteiger partial charge in [0.25, 0.3) is 0 Å². The normalized spacial score (nSPS) is 19.8. The number of terminal acetylenes is 1. The minimum atomic E-state index is -0.552. The zero-order valence-corrected chi connectivity index (χ0v) is 16.0. The highest BCUT2D eigenvalue weighted by Gasteiger charge is 2.39. The van der Waals surface area contributed by atoms with Crippen molar-refractivity contribution in [1.82, 2.24) is 4.90 Å². The van der Waals surface area contributed by atoms with E-state index in [0.29, 0.717) is 34.7 Å². The highest BCUT2D eigenvalue weighted by Crippen LogP contribution is 2.47. The van der Waals surface area contributed by atoms with Crippen LogP contribution < -0.4 is 10.5 Å². The summed E-state index contributed by atoms with van der Waals surface area (Å²) in [7, 11) is 1.80. The molecule has 0 fully saturated rings. The van der Waals surface area contributed by atoms with E-state index in [-0.39, 0.29) is 12.4 Å². The maximum absolute atomic E-state index is 12.8. The lowest BCUT2D eigenvalue weighted by Crippen LogP contribution is -2.36. The molecule has 1 aromatic rings. The predicted octanol–water partition coefficient (Wildman–Crippen LogP) is 3.19. The number of nitriles is 1. The number of nitrogens with zero attached hydrogens (tertiary/aromatic N) is 2. The van der Waals surface area contributed by atoms with Crippen LogP contribution in [0.2, 0.25) is 0 Å². The molecule has 1 atom stereocenters. The fourth-order valence-corrected chi connectivity index (χ4v) is 3.95. The van der Waals surface area contributed by atoms with Crippen LogP contribution >= 0.6 is 15.9 Å². The summed E-state index contributed by atoms with van der Waals surface area (Å²) < 4.78 is 6.51. The summed E-state index contributed by atoms with van der Waals surface area (Å²) in [6, 6.07) is 7.68. The number of hydrogen-bond donors (Lipinski definition) is 1. The van der Waals surface area contributed by atoms with Gasteiger partial charge in [-0.15, -0.1) is 6.42 Å². The molecule has 1 aromatic carbocycles. The number of carbonyl (C=O) groups is 1. The first kappa shape index (κ1) is 18.1. The zero-order valence-electron chi connectivity index (χ0n) is 14.4. The Hall–Kier alpha value is -2.70. The summed E-state index contributed by atoms with van der Waals surface area (Å²) in [5.74, 6) is 2.86. The topological polar surface area (TPSA) is 79.3 Å². The first-order valence-corrected chi connectivity index (χ1v) is 9.04. The second kappa shape index (κ2) is 7.27. The van der Waals surface area contributed by atoms with Crippen molar-refractivity contribution in [3.8, 4) is 24.2 Å². The monoisotopic (exact) mass is 411 g/mol. The second-order valence-corrected chi connectivity index (χ2v) is 7.13. The Balaban J connectivity index is 2.25. The molecule has 2 N–H and O–H groups in total. The van der Waals surface area contributed by atoms with Crippen molar-refractivity contribution in [1.29, 1.82) is 5.26 Å². The molecule has 5 nitrogen and oxygen atoms in total. The highest BCUT2D eigenvalue weighted by molar-refractivity contribution is 9.10. The Morgan fingerprint density at radius 2 is 2.23 bits per heavy atom. The van der Waals surface area contributed by atoms with Gasteiger partial charge >= 0.3 is 0 Å². The average Bonchev–Trinajstić information content (AvgIpc) is 2.63. The van der Waals surface area contributed by atoms with Crippen LogP contribution in [0.25, 0.3) is 0 Å². The maximum Gasteiger partial charge on any atom is 0.161 e. The number of ether oxygens (including phenoxy) is 1. The first-order valence-electron chi connectivity index (χ1n) is 8.25. The van der Waals surface area contributed by atoms with E-state index in [0.717, 1.165) is 23.0 Å². The molecule has 2 aliphatic rings. The summed E-state index contributed by atoms with van der Waals surface area (Å²) in [6.07, 6.45) is 7.32. The van der Waals surface area contributed by atoms with E-state index < -0.39 is 5.92 Å². The zero-order chi connectivity index (χ0) is 18.8. The first-order chi connectivity index (χ1) is 12.5. The summed E-state index contributed by atoms with van der Waals surface area (Å²) in [5, 5.41) is 9.79. The van der Waals surface area contributed by atoms with Crippen molar-refractivity contribution in [2.75, 3.05) is 13.7 Å². The van der Waals surface area contributed by atoms with E-state index in [4.69, 9.17) is 16.9 Å². The van der Waals surface area contributed by atoms with Crippen molar-refractivity contribution in [2.24, 2.45) is 5.73 Å². The van der Waals surface area contributed by atoms with Crippen LogP contribution in [0, 0.1) is 23.7 Å². The van der Waals surface area contributed by atoms with E-state index >= 15 is 0 Å². The van der Waals surface area contributed by atoms with Gasteiger partial charge < -0.3 is 15.4 Å². The fraction of sp³-hybridized carbons (Fsp3) is 0.300. The molecule has 6 heteroatoms. The minimum absolute atomic E-state index is 0.0474. The third kappa shape index (κ3) is 2.98. The van der Waals surface area contributed by atoms with Gasteiger partial charge in [0.15, 0.2) is 5.78 Å². The molecule has 1 heterocycles. The van der Waals surface area contributed by atoms with Crippen LogP contribution in [0.4, 0.5) is 0 Å². The summed E-state index contributed by atoms with van der Waals surface area (Å²) >= 11 is 3.47. The molecular weight excluding hydrogens is 394 g/mol. The molecule has 0 saturated heterocycles. The van der Waals surface area contributed by atoms with Gasteiger partial charge in [-0.05, 0) is 31.0 Å². The number of rotatable bonds is 3. The highest BCUT2D eigenvalue weighted by atomic mass is 79.9. The Labute approximate surface area is 161 Å². The van der Waals surface area contributed by atoms with E-state index in [1.54, 1.807) is 18.0 Å². The van der Waals surface area contributed by atoms with Gasteiger partial charge in [-0.25, -0.2) is 0 Å². The van der Waals surface area contributed by atoms with Gasteiger partial charge in [-0.3, -0.25) is 4.79 Å². The molecule has 0 saturated carbocycles. The average molecular weight is 412 g/mol. The third-order valence-electron chi connectivity index (χ3n) is 4.76. The number of hydrogen-bond acceptors (Lipinski definition) is 5. The summed E-state index contributed by atoms with van der Waals surface area (Å²) in [6.45, 7) is 0.0994. The molecule has 26 heavy (non-hydrogen) atoms. The van der Waals surface area contributed by atoms with E-state index in [1.807, 2.05) is 12.1 Å². The number of ketones is 1. The van der Waals surface area contributed by atoms with Gasteiger partial charge in [-0.2, -0.15) is 5.26 Å². The number of benzene rings is 1. The number of Topliss-reactive ketones (excluding diaryl/α,β-unsaturated/α-hetero) is 1. The SMILES string of the molecule is C#CCOc1ccc(Br)cc1[C@H]1C(C#N)=C(N)N(C)C2=C1C(=O)CCC2. The van der Waals surface area contributed by atoms with Crippen molar-refractivity contribution in [3.05, 3.63) is 50.9 Å². The maximum atomic E-state index is 12.8. The molecule has 0 radical (unpaired) electrons. The molecule has 1 aliphatic heterocycles. The van der Waals surface area contributed by atoms with Crippen LogP contribution in [0.3, 0.4) is 0 Å². The van der Waals surface area contributed by atoms with Gasteiger partial charge in [0.1, 0.15) is 18.2 Å². The van der Waals surface area contributed by atoms with Crippen LogP contribution in [0.5, 0.6) is 5.75 Å². The molecular formula is C20H18BrN3O2. The van der Waals surface area contributed by atoms with Crippen molar-refractivity contribution < 1.29 is 9.53 Å². The molecule has 132 valence electrons. The number of carbonyl (C=O) groups excluding carboxylic acids is 1. The lowest BCUT2D eigenvalue weighted by molar-refractivity contribution is -0.116. The largest absolute Gasteiger partial charge is 0.481 e. The number of allylic oxidation sites excluding steroid dienone is 3. The Morgan fingerprint density at radius 3 is 2.92 bits per heavy atom. The minimum Gasteiger partial charge on any atom is -0.481 e. The van der Waals surface area contributed by atoms with E-state index in [2.05, 4.69) is 27.9 Å². The smallest absolute Gasteiger partial charge is 0.161 e. The molecule has 0 spiro atoms. The number of nitrogens with two attached hydrogens (primary N) is 1. The van der Waals surface area contributed by atoms with Gasteiger partial charge in [0.05, 0.1) is 17.6 Å². The van der Waals surface area contributed by atoms with Crippen molar-refractivity contribution in [2.45, 2.75) is 25.2 Å². The lowest BCUT2D eigenvalue weighted by atomic mass is 9.75. The predicted molar refractivity (Wildman–Crippen MR) is 102 cm³/mol. The van der Waals surface area contributed by atoms with Crippen LogP contribution in [0.15, 0.2) is 45.3 Å². The summed E-state index contributed by atoms with van der Waals surface area (Å²) in [4.78, 5) is 14.6. The Morgan fingerprint density at radius 1 is 1.46 bits per heavy atom. The van der Waals surface area contributed by atoms with Gasteiger partial charge in [0.2, 0.25) is 0 Å². The van der Waals surface area contributed by atoms with E-state index in [1.165, 1.54) is 0 Å². The Kier molecular flexibility index (Phi) is 5.06.